The van der Waals surface area contributed by atoms with Crippen LogP contribution in [0.5, 0.6) is 0 Å². The van der Waals surface area contributed by atoms with Crippen molar-refractivity contribution in [1.82, 2.24) is 10.2 Å². The van der Waals surface area contributed by atoms with Gasteiger partial charge in [-0.1, -0.05) is 20.8 Å². The van der Waals surface area contributed by atoms with Crippen LogP contribution in [0.15, 0.2) is 0 Å². The number of hydrogen-bond donors (Lipinski definition) is 2. The van der Waals surface area contributed by atoms with E-state index in [4.69, 9.17) is 9.84 Å². The van der Waals surface area contributed by atoms with Gasteiger partial charge >= 0.3 is 12.0 Å². The standard InChI is InChI=1S/C14H26N2O4/c1-5-20-8-12(9(2)3)15-14(19)16-6-10(4)11(7-16)13(17)18/h9-12H,5-8H2,1-4H3,(H,15,19)(H,17,18)/t10-,11-,12?/m1/s1. The third-order valence-corrected chi connectivity index (χ3v) is 3.83. The molecule has 0 spiro atoms. The molecule has 0 aliphatic carbocycles. The number of carbonyl (C=O) groups is 2. The van der Waals surface area contributed by atoms with Gasteiger partial charge in [0, 0.05) is 19.7 Å². The van der Waals surface area contributed by atoms with E-state index in [0.29, 0.717) is 19.8 Å². The molecule has 2 N–H and O–H groups in total. The molecular formula is C14H26N2O4. The van der Waals surface area contributed by atoms with Crippen molar-refractivity contribution >= 4 is 12.0 Å². The van der Waals surface area contributed by atoms with Crippen molar-refractivity contribution < 1.29 is 19.4 Å². The highest BCUT2D eigenvalue weighted by atomic mass is 16.5. The average molecular weight is 286 g/mol. The van der Waals surface area contributed by atoms with Gasteiger partial charge in [0.1, 0.15) is 0 Å². The van der Waals surface area contributed by atoms with E-state index in [1.54, 1.807) is 4.90 Å². The second-order valence-corrected chi connectivity index (χ2v) is 5.79. The largest absolute Gasteiger partial charge is 0.481 e. The maximum Gasteiger partial charge on any atom is 0.317 e. The normalized spacial score (nSPS) is 23.9. The summed E-state index contributed by atoms with van der Waals surface area (Å²) >= 11 is 0. The molecule has 0 saturated carbocycles. The van der Waals surface area contributed by atoms with Crippen LogP contribution in [0.2, 0.25) is 0 Å². The van der Waals surface area contributed by atoms with Crippen molar-refractivity contribution in [2.45, 2.75) is 33.7 Å². The summed E-state index contributed by atoms with van der Waals surface area (Å²) in [5.41, 5.74) is 0. The first-order valence-corrected chi connectivity index (χ1v) is 7.22. The summed E-state index contributed by atoms with van der Waals surface area (Å²) in [4.78, 5) is 24.9. The molecule has 1 heterocycles. The number of ether oxygens (including phenoxy) is 1. The maximum atomic E-state index is 12.2. The Bertz CT molecular complexity index is 346. The summed E-state index contributed by atoms with van der Waals surface area (Å²) < 4.78 is 5.37. The Labute approximate surface area is 120 Å². The van der Waals surface area contributed by atoms with Gasteiger partial charge in [-0.25, -0.2) is 4.79 Å². The molecule has 1 fully saturated rings. The minimum Gasteiger partial charge on any atom is -0.481 e. The van der Waals surface area contributed by atoms with Gasteiger partial charge in [-0.3, -0.25) is 4.79 Å². The van der Waals surface area contributed by atoms with Crippen LogP contribution in [0.3, 0.4) is 0 Å². The van der Waals surface area contributed by atoms with Crippen molar-refractivity contribution in [2.75, 3.05) is 26.3 Å². The molecule has 1 aliphatic rings. The zero-order valence-electron chi connectivity index (χ0n) is 12.8. The fourth-order valence-corrected chi connectivity index (χ4v) is 2.35. The zero-order chi connectivity index (χ0) is 15.3. The SMILES string of the molecule is CCOCC(NC(=O)N1C[C@@H](C)[C@H](C(=O)O)C1)C(C)C. The highest BCUT2D eigenvalue weighted by molar-refractivity contribution is 5.77. The summed E-state index contributed by atoms with van der Waals surface area (Å²) in [6, 6.07) is -0.249. The van der Waals surface area contributed by atoms with Crippen LogP contribution in [-0.4, -0.2) is 54.4 Å². The number of carboxylic acid groups (broad SMARTS) is 1. The highest BCUT2D eigenvalue weighted by Crippen LogP contribution is 2.23. The minimum atomic E-state index is -0.831. The number of carbonyl (C=O) groups excluding carboxylic acids is 1. The lowest BCUT2D eigenvalue weighted by Gasteiger charge is -2.25. The van der Waals surface area contributed by atoms with Crippen LogP contribution in [0, 0.1) is 17.8 Å². The van der Waals surface area contributed by atoms with Crippen LogP contribution < -0.4 is 5.32 Å². The first-order valence-electron chi connectivity index (χ1n) is 7.22. The second kappa shape index (κ2) is 7.47. The fraction of sp³-hybridized carbons (Fsp3) is 0.857. The van der Waals surface area contributed by atoms with Crippen LogP contribution in [0.25, 0.3) is 0 Å². The lowest BCUT2D eigenvalue weighted by Crippen LogP contribution is -2.48. The van der Waals surface area contributed by atoms with Gasteiger partial charge in [-0.05, 0) is 18.8 Å². The molecule has 0 radical (unpaired) electrons. The molecule has 6 nitrogen and oxygen atoms in total. The third-order valence-electron chi connectivity index (χ3n) is 3.83. The number of carboxylic acids is 1. The topological polar surface area (TPSA) is 78.9 Å². The lowest BCUT2D eigenvalue weighted by atomic mass is 9.99. The number of aliphatic carboxylic acids is 1. The van der Waals surface area contributed by atoms with Crippen LogP contribution >= 0.6 is 0 Å². The Morgan fingerprint density at radius 2 is 2.05 bits per heavy atom. The number of urea groups is 1. The minimum absolute atomic E-state index is 0.0114. The summed E-state index contributed by atoms with van der Waals surface area (Å²) in [6.07, 6.45) is 0. The molecule has 0 aromatic rings. The third kappa shape index (κ3) is 4.37. The number of rotatable bonds is 6. The summed E-state index contributed by atoms with van der Waals surface area (Å²) in [7, 11) is 0. The monoisotopic (exact) mass is 286 g/mol. The number of amides is 2. The molecule has 1 unspecified atom stereocenters. The number of likely N-dealkylation sites (tertiary alicyclic amines) is 1. The molecule has 1 aliphatic heterocycles. The van der Waals surface area contributed by atoms with Crippen molar-refractivity contribution in [3.8, 4) is 0 Å². The molecule has 2 amide bonds. The van der Waals surface area contributed by atoms with E-state index >= 15 is 0 Å². The van der Waals surface area contributed by atoms with E-state index < -0.39 is 11.9 Å². The molecular weight excluding hydrogens is 260 g/mol. The lowest BCUT2D eigenvalue weighted by molar-refractivity contribution is -0.142. The molecule has 0 aromatic heterocycles. The quantitative estimate of drug-likeness (QED) is 0.774. The molecule has 0 aromatic carbocycles. The predicted molar refractivity (Wildman–Crippen MR) is 75.5 cm³/mol. The van der Waals surface area contributed by atoms with Gasteiger partial charge in [0.25, 0.3) is 0 Å². The van der Waals surface area contributed by atoms with Gasteiger partial charge in [-0.2, -0.15) is 0 Å². The Morgan fingerprint density at radius 1 is 1.40 bits per heavy atom. The van der Waals surface area contributed by atoms with E-state index in [2.05, 4.69) is 5.32 Å². The molecule has 1 saturated heterocycles. The number of hydrogen-bond acceptors (Lipinski definition) is 3. The second-order valence-electron chi connectivity index (χ2n) is 5.79. The summed E-state index contributed by atoms with van der Waals surface area (Å²) in [6.45, 7) is 9.69. The first kappa shape index (κ1) is 16.8. The average Bonchev–Trinajstić information content (AvgIpc) is 2.76. The zero-order valence-corrected chi connectivity index (χ0v) is 12.8. The van der Waals surface area contributed by atoms with Crippen molar-refractivity contribution in [1.29, 1.82) is 0 Å². The first-order chi connectivity index (χ1) is 9.36. The summed E-state index contributed by atoms with van der Waals surface area (Å²) in [5, 5.41) is 12.0. The van der Waals surface area contributed by atoms with Gasteiger partial charge in [0.2, 0.25) is 0 Å². The van der Waals surface area contributed by atoms with Gasteiger partial charge in [-0.15, -0.1) is 0 Å². The molecule has 20 heavy (non-hydrogen) atoms. The van der Waals surface area contributed by atoms with E-state index in [1.807, 2.05) is 27.7 Å². The van der Waals surface area contributed by atoms with E-state index in [-0.39, 0.29) is 30.5 Å². The smallest absolute Gasteiger partial charge is 0.317 e. The molecule has 1 rings (SSSR count). The van der Waals surface area contributed by atoms with Crippen LogP contribution in [0.1, 0.15) is 27.7 Å². The molecule has 116 valence electrons. The van der Waals surface area contributed by atoms with Gasteiger partial charge in [0.05, 0.1) is 18.6 Å². The maximum absolute atomic E-state index is 12.2. The van der Waals surface area contributed by atoms with Gasteiger partial charge < -0.3 is 20.1 Å². The Balaban J connectivity index is 2.55. The molecule has 0 bridgehead atoms. The molecule has 3 atom stereocenters. The van der Waals surface area contributed by atoms with E-state index in [0.717, 1.165) is 0 Å². The summed E-state index contributed by atoms with van der Waals surface area (Å²) in [5.74, 6) is -1.05. The van der Waals surface area contributed by atoms with Crippen molar-refractivity contribution in [3.05, 3.63) is 0 Å². The van der Waals surface area contributed by atoms with Crippen LogP contribution in [0.4, 0.5) is 4.79 Å². The van der Waals surface area contributed by atoms with E-state index in [1.165, 1.54) is 0 Å². The van der Waals surface area contributed by atoms with Gasteiger partial charge in [0.15, 0.2) is 0 Å². The number of nitrogens with one attached hydrogen (secondary N) is 1. The Morgan fingerprint density at radius 3 is 2.50 bits per heavy atom. The van der Waals surface area contributed by atoms with Crippen LogP contribution in [-0.2, 0) is 9.53 Å². The fourth-order valence-electron chi connectivity index (χ4n) is 2.35. The Kier molecular flexibility index (Phi) is 6.26. The highest BCUT2D eigenvalue weighted by Gasteiger charge is 2.37. The Hall–Kier alpha value is -1.30. The number of nitrogens with zero attached hydrogens (tertiary/aromatic N) is 1. The van der Waals surface area contributed by atoms with Crippen molar-refractivity contribution in [3.63, 3.8) is 0 Å². The molecule has 6 heteroatoms. The van der Waals surface area contributed by atoms with E-state index in [9.17, 15) is 9.59 Å². The van der Waals surface area contributed by atoms with Crippen molar-refractivity contribution in [2.24, 2.45) is 17.8 Å². The predicted octanol–water partition coefficient (Wildman–Crippen LogP) is 1.41.